The first-order valence-corrected chi connectivity index (χ1v) is 12.3. The second-order valence-electron chi connectivity index (χ2n) is 9.68. The highest BCUT2D eigenvalue weighted by atomic mass is 16.6. The zero-order valence-electron chi connectivity index (χ0n) is 19.9. The lowest BCUT2D eigenvalue weighted by Gasteiger charge is -2.41. The van der Waals surface area contributed by atoms with Crippen molar-refractivity contribution in [1.82, 2.24) is 9.80 Å². The summed E-state index contributed by atoms with van der Waals surface area (Å²) in [6.45, 7) is 2.48. The molecule has 3 N–H and O–H groups in total. The standard InChI is InChI=1S/C25H34N4O6/c26-24(29-10-2-1-3-11-29)19-6-4-18(5-7-19)21-14-20(35-27-21)15-25(34-17-23(32)33)8-12-28(13-9-25)16-22(30)31/h4-7,20,26H,1-3,8-17H2,(H,30,31)(H,32,33). The summed E-state index contributed by atoms with van der Waals surface area (Å²) in [5.41, 5.74) is 1.97. The Bertz CT molecular complexity index is 949. The summed E-state index contributed by atoms with van der Waals surface area (Å²) < 4.78 is 5.86. The Morgan fingerprint density at radius 2 is 1.74 bits per heavy atom. The Morgan fingerprint density at radius 1 is 1.06 bits per heavy atom. The Balaban J connectivity index is 1.35. The fraction of sp³-hybridized carbons (Fsp3) is 0.600. The molecule has 1 atom stereocenters. The molecule has 3 heterocycles. The number of ether oxygens (including phenoxy) is 1. The van der Waals surface area contributed by atoms with Crippen LogP contribution in [0, 0.1) is 5.41 Å². The van der Waals surface area contributed by atoms with E-state index < -0.39 is 24.1 Å². The lowest BCUT2D eigenvalue weighted by molar-refractivity contribution is -0.159. The van der Waals surface area contributed by atoms with Crippen molar-refractivity contribution in [2.24, 2.45) is 5.16 Å². The van der Waals surface area contributed by atoms with E-state index in [1.807, 2.05) is 29.2 Å². The lowest BCUT2D eigenvalue weighted by atomic mass is 9.84. The Kier molecular flexibility index (Phi) is 8.02. The van der Waals surface area contributed by atoms with E-state index in [4.69, 9.17) is 25.2 Å². The molecule has 10 nitrogen and oxygen atoms in total. The van der Waals surface area contributed by atoms with E-state index in [9.17, 15) is 9.59 Å². The number of oxime groups is 1. The van der Waals surface area contributed by atoms with Crippen molar-refractivity contribution in [1.29, 1.82) is 5.41 Å². The number of likely N-dealkylation sites (tertiary alicyclic amines) is 2. The predicted molar refractivity (Wildman–Crippen MR) is 129 cm³/mol. The van der Waals surface area contributed by atoms with Crippen LogP contribution < -0.4 is 0 Å². The average Bonchev–Trinajstić information content (AvgIpc) is 3.32. The smallest absolute Gasteiger partial charge is 0.329 e. The average molecular weight is 487 g/mol. The van der Waals surface area contributed by atoms with Gasteiger partial charge in [0.2, 0.25) is 0 Å². The molecule has 0 saturated carbocycles. The minimum Gasteiger partial charge on any atom is -0.480 e. The highest BCUT2D eigenvalue weighted by Gasteiger charge is 2.40. The van der Waals surface area contributed by atoms with Crippen LogP contribution in [0.5, 0.6) is 0 Å². The largest absolute Gasteiger partial charge is 0.480 e. The van der Waals surface area contributed by atoms with E-state index in [-0.39, 0.29) is 12.6 Å². The summed E-state index contributed by atoms with van der Waals surface area (Å²) in [5.74, 6) is -1.35. The second-order valence-corrected chi connectivity index (χ2v) is 9.68. The van der Waals surface area contributed by atoms with Crippen LogP contribution in [-0.2, 0) is 19.2 Å². The lowest BCUT2D eigenvalue weighted by Crippen LogP contribution is -2.49. The van der Waals surface area contributed by atoms with Gasteiger partial charge in [-0.3, -0.25) is 15.1 Å². The number of amidine groups is 1. The van der Waals surface area contributed by atoms with Crippen LogP contribution in [-0.4, -0.2) is 94.5 Å². The number of carboxylic acid groups (broad SMARTS) is 2. The number of aliphatic carboxylic acids is 2. The van der Waals surface area contributed by atoms with Crippen molar-refractivity contribution in [3.05, 3.63) is 35.4 Å². The molecule has 0 aromatic heterocycles. The fourth-order valence-electron chi connectivity index (χ4n) is 5.18. The van der Waals surface area contributed by atoms with Gasteiger partial charge in [0, 0.05) is 44.6 Å². The summed E-state index contributed by atoms with van der Waals surface area (Å²) in [7, 11) is 0. The minimum atomic E-state index is -1.03. The van der Waals surface area contributed by atoms with Gasteiger partial charge in [0.05, 0.1) is 17.9 Å². The van der Waals surface area contributed by atoms with Gasteiger partial charge in [-0.1, -0.05) is 29.4 Å². The van der Waals surface area contributed by atoms with Crippen molar-refractivity contribution in [2.45, 2.75) is 56.7 Å². The van der Waals surface area contributed by atoms with E-state index in [0.29, 0.717) is 44.6 Å². The van der Waals surface area contributed by atoms with E-state index in [1.165, 1.54) is 6.42 Å². The maximum absolute atomic E-state index is 11.2. The third-order valence-corrected chi connectivity index (χ3v) is 7.12. The zero-order valence-corrected chi connectivity index (χ0v) is 19.9. The molecule has 3 aliphatic rings. The Morgan fingerprint density at radius 3 is 2.37 bits per heavy atom. The first kappa shape index (κ1) is 25.1. The molecule has 0 bridgehead atoms. The highest BCUT2D eigenvalue weighted by molar-refractivity contribution is 6.02. The van der Waals surface area contributed by atoms with E-state index in [1.54, 1.807) is 0 Å². The first-order valence-electron chi connectivity index (χ1n) is 12.3. The first-order chi connectivity index (χ1) is 16.8. The number of hydrogen-bond acceptors (Lipinski definition) is 7. The summed E-state index contributed by atoms with van der Waals surface area (Å²) >= 11 is 0. The van der Waals surface area contributed by atoms with Gasteiger partial charge in [0.1, 0.15) is 18.5 Å². The molecular formula is C25H34N4O6. The van der Waals surface area contributed by atoms with Gasteiger partial charge < -0.3 is 24.7 Å². The quantitative estimate of drug-likeness (QED) is 0.358. The van der Waals surface area contributed by atoms with Gasteiger partial charge >= 0.3 is 11.9 Å². The van der Waals surface area contributed by atoms with Crippen molar-refractivity contribution in [2.75, 3.05) is 39.3 Å². The Labute approximate surface area is 205 Å². The molecule has 0 spiro atoms. The van der Waals surface area contributed by atoms with Gasteiger partial charge in [0.25, 0.3) is 0 Å². The van der Waals surface area contributed by atoms with Gasteiger partial charge in [-0.25, -0.2) is 4.79 Å². The van der Waals surface area contributed by atoms with Crippen LogP contribution in [0.1, 0.15) is 56.1 Å². The van der Waals surface area contributed by atoms with E-state index in [0.717, 1.165) is 42.8 Å². The van der Waals surface area contributed by atoms with Crippen LogP contribution >= 0.6 is 0 Å². The van der Waals surface area contributed by atoms with Gasteiger partial charge in [-0.05, 0) is 37.7 Å². The molecule has 2 fully saturated rings. The molecule has 0 amide bonds. The number of nitrogens with one attached hydrogen (secondary N) is 1. The van der Waals surface area contributed by atoms with Crippen LogP contribution in [0.3, 0.4) is 0 Å². The molecule has 0 aliphatic carbocycles. The summed E-state index contributed by atoms with van der Waals surface area (Å²) in [4.78, 5) is 31.9. The third kappa shape index (κ3) is 6.58. The van der Waals surface area contributed by atoms with Crippen molar-refractivity contribution in [3.8, 4) is 0 Å². The number of nitrogens with zero attached hydrogens (tertiary/aromatic N) is 3. The number of carbonyl (C=O) groups is 2. The highest BCUT2D eigenvalue weighted by Crippen LogP contribution is 2.34. The Hall–Kier alpha value is -2.98. The summed E-state index contributed by atoms with van der Waals surface area (Å²) in [6, 6.07) is 7.86. The molecular weight excluding hydrogens is 452 g/mol. The zero-order chi connectivity index (χ0) is 24.8. The normalized spacial score (nSPS) is 22.3. The fourth-order valence-corrected chi connectivity index (χ4v) is 5.18. The van der Waals surface area contributed by atoms with Crippen LogP contribution in [0.4, 0.5) is 0 Å². The molecule has 3 aliphatic heterocycles. The number of piperidine rings is 2. The molecule has 4 rings (SSSR count). The predicted octanol–water partition coefficient (Wildman–Crippen LogP) is 2.40. The number of carboxylic acids is 2. The molecule has 35 heavy (non-hydrogen) atoms. The number of benzene rings is 1. The van der Waals surface area contributed by atoms with Crippen LogP contribution in [0.2, 0.25) is 0 Å². The number of hydrogen-bond donors (Lipinski definition) is 3. The number of rotatable bonds is 9. The maximum Gasteiger partial charge on any atom is 0.329 e. The molecule has 190 valence electrons. The van der Waals surface area contributed by atoms with E-state index in [2.05, 4.69) is 10.1 Å². The molecule has 10 heteroatoms. The second kappa shape index (κ2) is 11.2. The van der Waals surface area contributed by atoms with Gasteiger partial charge in [-0.2, -0.15) is 0 Å². The molecule has 1 aromatic rings. The topological polar surface area (TPSA) is 136 Å². The molecule has 2 saturated heterocycles. The molecule has 1 unspecified atom stereocenters. The van der Waals surface area contributed by atoms with Crippen molar-refractivity contribution < 1.29 is 29.4 Å². The van der Waals surface area contributed by atoms with Crippen LogP contribution in [0.25, 0.3) is 0 Å². The maximum atomic E-state index is 11.2. The minimum absolute atomic E-state index is 0.0343. The monoisotopic (exact) mass is 486 g/mol. The van der Waals surface area contributed by atoms with Crippen LogP contribution in [0.15, 0.2) is 29.4 Å². The van der Waals surface area contributed by atoms with Crippen molar-refractivity contribution >= 4 is 23.5 Å². The molecule has 1 aromatic carbocycles. The van der Waals surface area contributed by atoms with Gasteiger partial charge in [-0.15, -0.1) is 0 Å². The third-order valence-electron chi connectivity index (χ3n) is 7.12. The van der Waals surface area contributed by atoms with Gasteiger partial charge in [0.15, 0.2) is 0 Å². The SMILES string of the molecule is N=C(c1ccc(C2=NOC(CC3(OCC(=O)O)CCN(CC(=O)O)CC3)C2)cc1)N1CCCCC1. The summed E-state index contributed by atoms with van der Waals surface area (Å²) in [6.07, 6.45) is 5.40. The summed E-state index contributed by atoms with van der Waals surface area (Å²) in [5, 5.41) is 31.0. The van der Waals surface area contributed by atoms with E-state index >= 15 is 0 Å². The van der Waals surface area contributed by atoms with Crippen molar-refractivity contribution in [3.63, 3.8) is 0 Å². The molecule has 0 radical (unpaired) electrons.